The quantitative estimate of drug-likeness (QED) is 0.407. The number of aliphatic carboxylic acids is 1. The van der Waals surface area contributed by atoms with Crippen LogP contribution in [0.15, 0.2) is 5.16 Å². The van der Waals surface area contributed by atoms with Crippen LogP contribution in [-0.2, 0) is 14.4 Å². The summed E-state index contributed by atoms with van der Waals surface area (Å²) in [6, 6.07) is 0. The van der Waals surface area contributed by atoms with Gasteiger partial charge >= 0.3 is 5.97 Å². The Hall–Kier alpha value is -1.10. The smallest absolute Gasteiger partial charge is 0.310 e. The van der Waals surface area contributed by atoms with Gasteiger partial charge in [0.1, 0.15) is 6.61 Å². The van der Waals surface area contributed by atoms with Gasteiger partial charge in [-0.2, -0.15) is 0 Å². The van der Waals surface area contributed by atoms with Crippen LogP contribution in [0.5, 0.6) is 0 Å². The second-order valence-corrected chi connectivity index (χ2v) is 3.98. The molecule has 0 saturated heterocycles. The Morgan fingerprint density at radius 3 is 2.73 bits per heavy atom. The van der Waals surface area contributed by atoms with Crippen LogP contribution in [0.2, 0.25) is 0 Å². The molecule has 1 aliphatic carbocycles. The van der Waals surface area contributed by atoms with Crippen LogP contribution >= 0.6 is 0 Å². The zero-order valence-corrected chi connectivity index (χ0v) is 9.27. The van der Waals surface area contributed by atoms with E-state index in [9.17, 15) is 4.79 Å². The molecule has 0 spiro atoms. The Morgan fingerprint density at radius 2 is 2.27 bits per heavy atom. The average molecular weight is 215 g/mol. The van der Waals surface area contributed by atoms with Gasteiger partial charge in [0.15, 0.2) is 0 Å². The molecule has 1 N–H and O–H groups in total. The molecule has 3 atom stereocenters. The van der Waals surface area contributed by atoms with Crippen LogP contribution in [0.3, 0.4) is 0 Å². The number of methoxy groups -OCH3 is 1. The van der Waals surface area contributed by atoms with Gasteiger partial charge in [-0.15, -0.1) is 0 Å². The molecule has 0 amide bonds. The monoisotopic (exact) mass is 215 g/mol. The Bertz CT molecular complexity index is 266. The molecular weight excluding hydrogens is 198 g/mol. The zero-order valence-electron chi connectivity index (χ0n) is 9.27. The maximum Gasteiger partial charge on any atom is 0.310 e. The first-order valence-electron chi connectivity index (χ1n) is 4.93. The third-order valence-corrected chi connectivity index (χ3v) is 3.20. The van der Waals surface area contributed by atoms with Crippen molar-refractivity contribution in [3.8, 4) is 0 Å². The summed E-state index contributed by atoms with van der Waals surface area (Å²) in [5, 5.41) is 12.7. The third kappa shape index (κ3) is 2.28. The highest BCUT2D eigenvalue weighted by Gasteiger charge is 2.63. The number of carbonyl (C=O) groups is 1. The van der Waals surface area contributed by atoms with Crippen molar-refractivity contribution in [1.29, 1.82) is 0 Å². The second-order valence-electron chi connectivity index (χ2n) is 3.98. The maximum absolute atomic E-state index is 10.9. The predicted octanol–water partition coefficient (Wildman–Crippen LogP) is 0.992. The van der Waals surface area contributed by atoms with Crippen molar-refractivity contribution in [2.45, 2.75) is 13.8 Å². The molecule has 0 aromatic carbocycles. The summed E-state index contributed by atoms with van der Waals surface area (Å²) in [6.07, 6.45) is 1.58. The summed E-state index contributed by atoms with van der Waals surface area (Å²) in [5.41, 5.74) is -0.673. The van der Waals surface area contributed by atoms with E-state index in [0.29, 0.717) is 13.2 Å². The molecule has 0 aromatic rings. The highest BCUT2D eigenvalue weighted by molar-refractivity contribution is 5.86. The van der Waals surface area contributed by atoms with E-state index in [2.05, 4.69) is 5.16 Å². The van der Waals surface area contributed by atoms with E-state index in [1.54, 1.807) is 20.2 Å². The maximum atomic E-state index is 10.9. The number of hydrogen-bond donors (Lipinski definition) is 1. The minimum atomic E-state index is -0.775. The fourth-order valence-corrected chi connectivity index (χ4v) is 1.67. The number of hydrogen-bond acceptors (Lipinski definition) is 4. The molecule has 0 heterocycles. The lowest BCUT2D eigenvalue weighted by Crippen LogP contribution is -2.14. The van der Waals surface area contributed by atoms with Crippen LogP contribution in [0, 0.1) is 17.3 Å². The Labute approximate surface area is 89.1 Å². The third-order valence-electron chi connectivity index (χ3n) is 3.20. The van der Waals surface area contributed by atoms with E-state index < -0.39 is 11.4 Å². The average Bonchev–Trinajstić information content (AvgIpc) is 2.72. The number of carboxylic acids is 1. The Balaban J connectivity index is 2.33. The summed E-state index contributed by atoms with van der Waals surface area (Å²) in [7, 11) is 1.58. The van der Waals surface area contributed by atoms with Gasteiger partial charge in [0.2, 0.25) is 0 Å². The van der Waals surface area contributed by atoms with Gasteiger partial charge in [0.05, 0.1) is 12.0 Å². The van der Waals surface area contributed by atoms with Gasteiger partial charge in [-0.1, -0.05) is 12.1 Å². The Morgan fingerprint density at radius 1 is 1.60 bits per heavy atom. The minimum Gasteiger partial charge on any atom is -0.481 e. The van der Waals surface area contributed by atoms with Gasteiger partial charge < -0.3 is 14.7 Å². The van der Waals surface area contributed by atoms with Gasteiger partial charge in [-0.3, -0.25) is 4.79 Å². The predicted molar refractivity (Wildman–Crippen MR) is 54.7 cm³/mol. The summed E-state index contributed by atoms with van der Waals surface area (Å²) < 4.78 is 4.77. The van der Waals surface area contributed by atoms with Crippen LogP contribution in [0.25, 0.3) is 0 Å². The van der Waals surface area contributed by atoms with Crippen molar-refractivity contribution < 1.29 is 19.5 Å². The highest BCUT2D eigenvalue weighted by atomic mass is 16.6. The van der Waals surface area contributed by atoms with E-state index in [1.807, 2.05) is 6.92 Å². The van der Waals surface area contributed by atoms with Gasteiger partial charge in [0.25, 0.3) is 0 Å². The van der Waals surface area contributed by atoms with Crippen molar-refractivity contribution in [3.05, 3.63) is 0 Å². The van der Waals surface area contributed by atoms with Gasteiger partial charge in [-0.25, -0.2) is 0 Å². The molecule has 1 fully saturated rings. The van der Waals surface area contributed by atoms with Crippen molar-refractivity contribution >= 4 is 12.2 Å². The van der Waals surface area contributed by atoms with Gasteiger partial charge in [0, 0.05) is 19.2 Å². The minimum absolute atomic E-state index is 0.0301. The van der Waals surface area contributed by atoms with Gasteiger partial charge in [-0.05, 0) is 12.8 Å². The number of carboxylic acid groups (broad SMARTS) is 1. The molecule has 1 saturated carbocycles. The number of ether oxygens (including phenoxy) is 1. The molecule has 5 heteroatoms. The van der Waals surface area contributed by atoms with Crippen molar-refractivity contribution in [1.82, 2.24) is 0 Å². The first kappa shape index (κ1) is 12.0. The molecular formula is C10H17NO4. The molecule has 0 bridgehead atoms. The summed E-state index contributed by atoms with van der Waals surface area (Å²) in [4.78, 5) is 15.8. The number of rotatable bonds is 6. The zero-order chi connectivity index (χ0) is 11.5. The second kappa shape index (κ2) is 4.61. The van der Waals surface area contributed by atoms with Crippen molar-refractivity contribution in [3.63, 3.8) is 0 Å². The van der Waals surface area contributed by atoms with E-state index in [0.717, 1.165) is 0 Å². The van der Waals surface area contributed by atoms with Crippen LogP contribution in [0.4, 0.5) is 0 Å². The normalized spacial score (nSPS) is 34.3. The lowest BCUT2D eigenvalue weighted by molar-refractivity contribution is -0.143. The lowest BCUT2D eigenvalue weighted by Gasteiger charge is -2.01. The Kier molecular flexibility index (Phi) is 3.68. The summed E-state index contributed by atoms with van der Waals surface area (Å²) >= 11 is 0. The molecule has 5 nitrogen and oxygen atoms in total. The van der Waals surface area contributed by atoms with E-state index in [-0.39, 0.29) is 11.8 Å². The standard InChI is InChI=1S/C10H17NO4/c1-7-8(10(7,2)9(12)13)6-11-15-5-4-14-3/h6-8H,4-5H2,1-3H3,(H,12,13)/t7-,8+,10-/m1/s1. The topological polar surface area (TPSA) is 68.1 Å². The first-order valence-corrected chi connectivity index (χ1v) is 4.93. The summed E-state index contributed by atoms with van der Waals surface area (Å²) in [5.74, 6) is -0.689. The highest BCUT2D eigenvalue weighted by Crippen LogP contribution is 2.57. The SMILES string of the molecule is COCCON=C[C@H]1[C@@H](C)[C@@]1(C)C(=O)O. The molecule has 1 rings (SSSR count). The molecule has 0 aliphatic heterocycles. The molecule has 86 valence electrons. The molecule has 0 radical (unpaired) electrons. The molecule has 0 aromatic heterocycles. The van der Waals surface area contributed by atoms with Crippen LogP contribution in [-0.4, -0.2) is 37.6 Å². The van der Waals surface area contributed by atoms with Crippen molar-refractivity contribution in [2.24, 2.45) is 22.4 Å². The summed E-state index contributed by atoms with van der Waals surface area (Å²) in [6.45, 7) is 4.50. The lowest BCUT2D eigenvalue weighted by atomic mass is 10.1. The van der Waals surface area contributed by atoms with E-state index in [1.165, 1.54) is 0 Å². The fraction of sp³-hybridized carbons (Fsp3) is 0.800. The first-order chi connectivity index (χ1) is 7.05. The molecule has 15 heavy (non-hydrogen) atoms. The van der Waals surface area contributed by atoms with Crippen LogP contribution < -0.4 is 0 Å². The molecule has 0 unspecified atom stereocenters. The largest absolute Gasteiger partial charge is 0.481 e. The van der Waals surface area contributed by atoms with E-state index >= 15 is 0 Å². The fourth-order valence-electron chi connectivity index (χ4n) is 1.67. The van der Waals surface area contributed by atoms with E-state index in [4.69, 9.17) is 14.7 Å². The number of nitrogens with zero attached hydrogens (tertiary/aromatic N) is 1. The van der Waals surface area contributed by atoms with Crippen molar-refractivity contribution in [2.75, 3.05) is 20.3 Å². The molecule has 1 aliphatic rings. The van der Waals surface area contributed by atoms with Crippen LogP contribution in [0.1, 0.15) is 13.8 Å². The number of oxime groups is 1.